The molecule has 0 saturated heterocycles. The average molecular weight is 221 g/mol. The van der Waals surface area contributed by atoms with Crippen LogP contribution in [0.1, 0.15) is 5.56 Å². The van der Waals surface area contributed by atoms with E-state index < -0.39 is 11.7 Å². The van der Waals surface area contributed by atoms with Crippen LogP contribution in [0.25, 0.3) is 5.65 Å². The Morgan fingerprint density at radius 2 is 1.93 bits per heavy atom. The number of hydrogen-bond acceptors (Lipinski definition) is 1. The van der Waals surface area contributed by atoms with Gasteiger partial charge in [0.25, 0.3) is 0 Å². The molecular formula is C8H4ClF3N2. The predicted molar refractivity (Wildman–Crippen MR) is 45.2 cm³/mol. The van der Waals surface area contributed by atoms with E-state index in [0.29, 0.717) is 5.65 Å². The first-order valence-electron chi connectivity index (χ1n) is 3.68. The van der Waals surface area contributed by atoms with Crippen molar-refractivity contribution in [1.82, 2.24) is 9.38 Å². The summed E-state index contributed by atoms with van der Waals surface area (Å²) in [5.41, 5.74) is -0.331. The molecule has 2 heterocycles. The summed E-state index contributed by atoms with van der Waals surface area (Å²) in [6.45, 7) is 0. The smallest absolute Gasteiger partial charge is 0.305 e. The molecule has 2 nitrogen and oxygen atoms in total. The quantitative estimate of drug-likeness (QED) is 0.667. The third kappa shape index (κ3) is 1.55. The number of halogens is 4. The molecule has 0 atom stereocenters. The first-order valence-corrected chi connectivity index (χ1v) is 4.06. The standard InChI is InChI=1S/C8H4ClF3N2/c9-6-4-14-3-5(8(10,11)12)1-2-7(14)13-6/h1-4H. The van der Waals surface area contributed by atoms with E-state index in [-0.39, 0.29) is 5.15 Å². The zero-order chi connectivity index (χ0) is 10.3. The van der Waals surface area contributed by atoms with Crippen LogP contribution in [-0.2, 0) is 6.18 Å². The van der Waals surface area contributed by atoms with Crippen molar-refractivity contribution < 1.29 is 13.2 Å². The van der Waals surface area contributed by atoms with Gasteiger partial charge in [-0.15, -0.1) is 0 Å². The molecule has 0 aliphatic heterocycles. The molecule has 0 saturated carbocycles. The number of rotatable bonds is 0. The van der Waals surface area contributed by atoms with E-state index in [2.05, 4.69) is 4.98 Å². The zero-order valence-electron chi connectivity index (χ0n) is 6.72. The van der Waals surface area contributed by atoms with Gasteiger partial charge in [-0.05, 0) is 12.1 Å². The fraction of sp³-hybridized carbons (Fsp3) is 0.125. The van der Waals surface area contributed by atoms with Gasteiger partial charge < -0.3 is 4.40 Å². The molecule has 0 spiro atoms. The third-order valence-corrected chi connectivity index (χ3v) is 1.93. The highest BCUT2D eigenvalue weighted by molar-refractivity contribution is 6.29. The highest BCUT2D eigenvalue weighted by atomic mass is 35.5. The normalized spacial score (nSPS) is 12.3. The zero-order valence-corrected chi connectivity index (χ0v) is 7.47. The molecule has 14 heavy (non-hydrogen) atoms. The lowest BCUT2D eigenvalue weighted by Gasteiger charge is -2.05. The topological polar surface area (TPSA) is 17.3 Å². The summed E-state index contributed by atoms with van der Waals surface area (Å²) in [4.78, 5) is 3.80. The Hall–Kier alpha value is -1.23. The Balaban J connectivity index is 2.62. The lowest BCUT2D eigenvalue weighted by Crippen LogP contribution is -2.05. The monoisotopic (exact) mass is 220 g/mol. The lowest BCUT2D eigenvalue weighted by molar-refractivity contribution is -0.137. The van der Waals surface area contributed by atoms with Crippen LogP contribution < -0.4 is 0 Å². The van der Waals surface area contributed by atoms with Gasteiger partial charge in [-0.1, -0.05) is 11.6 Å². The van der Waals surface area contributed by atoms with Crippen molar-refractivity contribution in [1.29, 1.82) is 0 Å². The van der Waals surface area contributed by atoms with Crippen molar-refractivity contribution >= 4 is 17.2 Å². The molecule has 2 aromatic rings. The maximum Gasteiger partial charge on any atom is 0.417 e. The fourth-order valence-corrected chi connectivity index (χ4v) is 1.32. The second kappa shape index (κ2) is 2.88. The number of imidazole rings is 1. The highest BCUT2D eigenvalue weighted by Crippen LogP contribution is 2.29. The van der Waals surface area contributed by atoms with E-state index in [9.17, 15) is 13.2 Å². The van der Waals surface area contributed by atoms with Gasteiger partial charge >= 0.3 is 6.18 Å². The van der Waals surface area contributed by atoms with Crippen LogP contribution in [-0.4, -0.2) is 9.38 Å². The minimum Gasteiger partial charge on any atom is -0.305 e. The van der Waals surface area contributed by atoms with Gasteiger partial charge in [0.1, 0.15) is 10.8 Å². The van der Waals surface area contributed by atoms with Crippen molar-refractivity contribution in [2.75, 3.05) is 0 Å². The maximum atomic E-state index is 12.3. The van der Waals surface area contributed by atoms with Gasteiger partial charge in [0.15, 0.2) is 0 Å². The van der Waals surface area contributed by atoms with Crippen LogP contribution in [0, 0.1) is 0 Å². The molecule has 0 aliphatic carbocycles. The molecule has 0 fully saturated rings. The Labute approximate surface area is 81.9 Å². The van der Waals surface area contributed by atoms with Crippen molar-refractivity contribution in [3.63, 3.8) is 0 Å². The van der Waals surface area contributed by atoms with Gasteiger partial charge in [0.05, 0.1) is 5.56 Å². The summed E-state index contributed by atoms with van der Waals surface area (Å²) >= 11 is 5.54. The van der Waals surface area contributed by atoms with E-state index in [0.717, 1.165) is 12.3 Å². The summed E-state index contributed by atoms with van der Waals surface area (Å²) in [7, 11) is 0. The minimum absolute atomic E-state index is 0.171. The highest BCUT2D eigenvalue weighted by Gasteiger charge is 2.30. The minimum atomic E-state index is -4.34. The third-order valence-electron chi connectivity index (χ3n) is 1.75. The van der Waals surface area contributed by atoms with Gasteiger partial charge in [-0.2, -0.15) is 13.2 Å². The number of hydrogen-bond donors (Lipinski definition) is 0. The molecule has 2 aromatic heterocycles. The first-order chi connectivity index (χ1) is 6.47. The van der Waals surface area contributed by atoms with Crippen molar-refractivity contribution in [3.8, 4) is 0 Å². The summed E-state index contributed by atoms with van der Waals surface area (Å²) < 4.78 is 38.0. The average Bonchev–Trinajstić information content (AvgIpc) is 2.41. The van der Waals surface area contributed by atoms with Crippen molar-refractivity contribution in [2.45, 2.75) is 6.18 Å². The molecule has 0 radical (unpaired) electrons. The molecule has 6 heteroatoms. The number of aromatic nitrogens is 2. The summed E-state index contributed by atoms with van der Waals surface area (Å²) in [5, 5.41) is 0.171. The fourth-order valence-electron chi connectivity index (χ4n) is 1.13. The second-order valence-electron chi connectivity index (χ2n) is 2.74. The van der Waals surface area contributed by atoms with Crippen LogP contribution in [0.15, 0.2) is 24.5 Å². The van der Waals surface area contributed by atoms with Gasteiger partial charge in [0.2, 0.25) is 0 Å². The van der Waals surface area contributed by atoms with E-state index in [1.54, 1.807) is 0 Å². The van der Waals surface area contributed by atoms with Crippen LogP contribution in [0.3, 0.4) is 0 Å². The van der Waals surface area contributed by atoms with E-state index >= 15 is 0 Å². The largest absolute Gasteiger partial charge is 0.417 e. The first kappa shape index (κ1) is 9.33. The van der Waals surface area contributed by atoms with Crippen molar-refractivity contribution in [2.24, 2.45) is 0 Å². The summed E-state index contributed by atoms with van der Waals surface area (Å²) in [6.07, 6.45) is -2.06. The summed E-state index contributed by atoms with van der Waals surface area (Å²) in [6, 6.07) is 2.24. The predicted octanol–water partition coefficient (Wildman–Crippen LogP) is 3.01. The number of nitrogens with zero attached hydrogens (tertiary/aromatic N) is 2. The second-order valence-corrected chi connectivity index (χ2v) is 3.13. The number of pyridine rings is 1. The molecule has 0 amide bonds. The molecule has 0 bridgehead atoms. The van der Waals surface area contributed by atoms with Crippen LogP contribution in [0.4, 0.5) is 13.2 Å². The SMILES string of the molecule is FC(F)(F)c1ccc2nc(Cl)cn2c1. The van der Waals surface area contributed by atoms with Crippen molar-refractivity contribution in [3.05, 3.63) is 35.2 Å². The number of alkyl halides is 3. The number of fused-ring (bicyclic) bond motifs is 1. The molecule has 0 N–H and O–H groups in total. The van der Waals surface area contributed by atoms with Gasteiger partial charge in [0, 0.05) is 12.4 Å². The molecule has 0 unspecified atom stereocenters. The molecule has 2 rings (SSSR count). The Kier molecular flexibility index (Phi) is 1.92. The molecule has 0 aromatic carbocycles. The van der Waals surface area contributed by atoms with Crippen LogP contribution in [0.5, 0.6) is 0 Å². The lowest BCUT2D eigenvalue weighted by atomic mass is 10.3. The Bertz CT molecular complexity index is 475. The Morgan fingerprint density at radius 1 is 1.21 bits per heavy atom. The van der Waals surface area contributed by atoms with Crippen LogP contribution in [0.2, 0.25) is 5.15 Å². The maximum absolute atomic E-state index is 12.3. The Morgan fingerprint density at radius 3 is 2.57 bits per heavy atom. The van der Waals surface area contributed by atoms with E-state index in [1.807, 2.05) is 0 Å². The van der Waals surface area contributed by atoms with E-state index in [1.165, 1.54) is 16.7 Å². The van der Waals surface area contributed by atoms with Crippen LogP contribution >= 0.6 is 11.6 Å². The summed E-state index contributed by atoms with van der Waals surface area (Å²) in [5.74, 6) is 0. The molecule has 0 aliphatic rings. The van der Waals surface area contributed by atoms with Gasteiger partial charge in [-0.25, -0.2) is 4.98 Å². The van der Waals surface area contributed by atoms with Gasteiger partial charge in [-0.3, -0.25) is 0 Å². The molecular weight excluding hydrogens is 217 g/mol. The molecule has 74 valence electrons. The van der Waals surface area contributed by atoms with E-state index in [4.69, 9.17) is 11.6 Å².